The SMILES string of the molecule is COC1CCC(OC(=O)OC(OC(C)=O)C(C)C)CC1. The first kappa shape index (κ1) is 16.8. The van der Waals surface area contributed by atoms with Crippen molar-refractivity contribution in [2.24, 2.45) is 5.92 Å². The van der Waals surface area contributed by atoms with E-state index in [4.69, 9.17) is 18.9 Å². The molecule has 0 N–H and O–H groups in total. The van der Waals surface area contributed by atoms with Crippen molar-refractivity contribution in [3.05, 3.63) is 0 Å². The van der Waals surface area contributed by atoms with Crippen LogP contribution in [0, 0.1) is 5.92 Å². The van der Waals surface area contributed by atoms with Crippen LogP contribution in [0.3, 0.4) is 0 Å². The number of ether oxygens (including phenoxy) is 4. The highest BCUT2D eigenvalue weighted by molar-refractivity contribution is 5.66. The van der Waals surface area contributed by atoms with Crippen LogP contribution in [0.1, 0.15) is 46.5 Å². The molecule has 1 rings (SSSR count). The first-order chi connectivity index (χ1) is 9.42. The third-order valence-corrected chi connectivity index (χ3v) is 3.26. The topological polar surface area (TPSA) is 71.1 Å². The molecule has 0 amide bonds. The lowest BCUT2D eigenvalue weighted by Crippen LogP contribution is -2.32. The molecule has 6 nitrogen and oxygen atoms in total. The normalized spacial score (nSPS) is 24.1. The Morgan fingerprint density at radius 1 is 1.00 bits per heavy atom. The van der Waals surface area contributed by atoms with Crippen molar-refractivity contribution in [3.63, 3.8) is 0 Å². The van der Waals surface area contributed by atoms with Crippen molar-refractivity contribution < 1.29 is 28.5 Å². The molecule has 1 aliphatic rings. The van der Waals surface area contributed by atoms with E-state index in [1.54, 1.807) is 21.0 Å². The molecule has 1 fully saturated rings. The van der Waals surface area contributed by atoms with Crippen LogP contribution in [0.15, 0.2) is 0 Å². The van der Waals surface area contributed by atoms with Crippen LogP contribution in [0.5, 0.6) is 0 Å². The second-order valence-corrected chi connectivity index (χ2v) is 5.34. The van der Waals surface area contributed by atoms with Gasteiger partial charge in [0.1, 0.15) is 6.10 Å². The molecule has 0 radical (unpaired) electrons. The smallest absolute Gasteiger partial charge is 0.431 e. The molecule has 0 saturated heterocycles. The fraction of sp³-hybridized carbons (Fsp3) is 0.857. The second-order valence-electron chi connectivity index (χ2n) is 5.34. The Balaban J connectivity index is 2.36. The highest BCUT2D eigenvalue weighted by atomic mass is 16.8. The summed E-state index contributed by atoms with van der Waals surface area (Å²) in [7, 11) is 1.69. The van der Waals surface area contributed by atoms with Crippen LogP contribution < -0.4 is 0 Å². The molecule has 6 heteroatoms. The maximum absolute atomic E-state index is 11.7. The van der Waals surface area contributed by atoms with E-state index < -0.39 is 18.4 Å². The maximum atomic E-state index is 11.7. The van der Waals surface area contributed by atoms with Gasteiger partial charge in [0.05, 0.1) is 6.10 Å². The van der Waals surface area contributed by atoms with Crippen molar-refractivity contribution in [1.82, 2.24) is 0 Å². The highest BCUT2D eigenvalue weighted by Gasteiger charge is 2.27. The highest BCUT2D eigenvalue weighted by Crippen LogP contribution is 2.23. The summed E-state index contributed by atoms with van der Waals surface area (Å²) >= 11 is 0. The van der Waals surface area contributed by atoms with Gasteiger partial charge >= 0.3 is 12.1 Å². The van der Waals surface area contributed by atoms with E-state index in [1.165, 1.54) is 6.92 Å². The van der Waals surface area contributed by atoms with Gasteiger partial charge in [0.2, 0.25) is 0 Å². The zero-order chi connectivity index (χ0) is 15.1. The van der Waals surface area contributed by atoms with E-state index in [0.717, 1.165) is 25.7 Å². The molecule has 0 aromatic rings. The summed E-state index contributed by atoms with van der Waals surface area (Å²) in [4.78, 5) is 22.6. The van der Waals surface area contributed by atoms with Gasteiger partial charge in [-0.15, -0.1) is 0 Å². The molecule has 1 atom stereocenters. The summed E-state index contributed by atoms with van der Waals surface area (Å²) < 4.78 is 20.5. The van der Waals surface area contributed by atoms with Gasteiger partial charge in [-0.05, 0) is 25.7 Å². The summed E-state index contributed by atoms with van der Waals surface area (Å²) in [6, 6.07) is 0. The number of carbonyl (C=O) groups excluding carboxylic acids is 2. The van der Waals surface area contributed by atoms with E-state index >= 15 is 0 Å². The lowest BCUT2D eigenvalue weighted by molar-refractivity contribution is -0.178. The minimum absolute atomic E-state index is 0.129. The van der Waals surface area contributed by atoms with E-state index in [2.05, 4.69) is 0 Å². The Morgan fingerprint density at radius 2 is 1.55 bits per heavy atom. The van der Waals surface area contributed by atoms with Gasteiger partial charge in [-0.25, -0.2) is 4.79 Å². The van der Waals surface area contributed by atoms with Gasteiger partial charge in [-0.2, -0.15) is 0 Å². The van der Waals surface area contributed by atoms with Gasteiger partial charge in [0, 0.05) is 20.0 Å². The van der Waals surface area contributed by atoms with Gasteiger partial charge in [-0.1, -0.05) is 13.8 Å². The number of esters is 1. The standard InChI is InChI=1S/C14H24O6/c1-9(2)13(18-10(3)15)20-14(16)19-12-7-5-11(17-4)6-8-12/h9,11-13H,5-8H2,1-4H3. The number of carbonyl (C=O) groups is 2. The molecule has 20 heavy (non-hydrogen) atoms. The van der Waals surface area contributed by atoms with Crippen molar-refractivity contribution in [2.75, 3.05) is 7.11 Å². The molecule has 0 aromatic heterocycles. The summed E-state index contributed by atoms with van der Waals surface area (Å²) in [6.07, 6.45) is 1.65. The lowest BCUT2D eigenvalue weighted by Gasteiger charge is -2.28. The molecule has 0 spiro atoms. The van der Waals surface area contributed by atoms with Gasteiger partial charge in [-0.3, -0.25) is 4.79 Å². The first-order valence-electron chi connectivity index (χ1n) is 6.99. The minimum atomic E-state index is -0.907. The van der Waals surface area contributed by atoms with Gasteiger partial charge < -0.3 is 18.9 Å². The van der Waals surface area contributed by atoms with E-state index in [0.29, 0.717) is 0 Å². The van der Waals surface area contributed by atoms with Crippen LogP contribution in [0.25, 0.3) is 0 Å². The predicted molar refractivity (Wildman–Crippen MR) is 71.0 cm³/mol. The maximum Gasteiger partial charge on any atom is 0.511 e. The summed E-state index contributed by atoms with van der Waals surface area (Å²) in [6.45, 7) is 4.87. The summed E-state index contributed by atoms with van der Waals surface area (Å²) in [5.74, 6) is -0.618. The number of hydrogen-bond donors (Lipinski definition) is 0. The zero-order valence-corrected chi connectivity index (χ0v) is 12.6. The van der Waals surface area contributed by atoms with E-state index in [1.807, 2.05) is 0 Å². The number of hydrogen-bond acceptors (Lipinski definition) is 6. The molecule has 1 unspecified atom stereocenters. The Hall–Kier alpha value is -1.30. The van der Waals surface area contributed by atoms with Crippen molar-refractivity contribution in [2.45, 2.75) is 65.0 Å². The molecule has 0 aromatic carbocycles. The molecular formula is C14H24O6. The quantitative estimate of drug-likeness (QED) is 0.572. The molecule has 1 aliphatic carbocycles. The molecule has 0 bridgehead atoms. The van der Waals surface area contributed by atoms with E-state index in [9.17, 15) is 9.59 Å². The molecule has 0 aliphatic heterocycles. The van der Waals surface area contributed by atoms with Crippen molar-refractivity contribution in [3.8, 4) is 0 Å². The van der Waals surface area contributed by atoms with Gasteiger partial charge in [0.25, 0.3) is 6.29 Å². The fourth-order valence-electron chi connectivity index (χ4n) is 2.10. The fourth-order valence-corrected chi connectivity index (χ4v) is 2.10. The largest absolute Gasteiger partial charge is 0.511 e. The van der Waals surface area contributed by atoms with Crippen LogP contribution in [0.2, 0.25) is 0 Å². The van der Waals surface area contributed by atoms with Gasteiger partial charge in [0.15, 0.2) is 0 Å². The predicted octanol–water partition coefficient (Wildman–Crippen LogP) is 2.64. The molecule has 0 heterocycles. The Morgan fingerprint density at radius 3 is 2.00 bits per heavy atom. The summed E-state index contributed by atoms with van der Waals surface area (Å²) in [5.41, 5.74) is 0. The molecule has 116 valence electrons. The van der Waals surface area contributed by atoms with E-state index in [-0.39, 0.29) is 18.1 Å². The number of rotatable bonds is 5. The van der Waals surface area contributed by atoms with Crippen LogP contribution >= 0.6 is 0 Å². The average Bonchev–Trinajstić information content (AvgIpc) is 2.38. The van der Waals surface area contributed by atoms with Crippen molar-refractivity contribution >= 4 is 12.1 Å². The Kier molecular flexibility index (Phi) is 6.78. The molecule has 1 saturated carbocycles. The lowest BCUT2D eigenvalue weighted by atomic mass is 9.95. The summed E-state index contributed by atoms with van der Waals surface area (Å²) in [5, 5.41) is 0. The monoisotopic (exact) mass is 288 g/mol. The Bertz CT molecular complexity index is 320. The third-order valence-electron chi connectivity index (χ3n) is 3.26. The van der Waals surface area contributed by atoms with Crippen LogP contribution in [-0.4, -0.2) is 37.7 Å². The average molecular weight is 288 g/mol. The van der Waals surface area contributed by atoms with Crippen LogP contribution in [0.4, 0.5) is 4.79 Å². The zero-order valence-electron chi connectivity index (χ0n) is 12.6. The minimum Gasteiger partial charge on any atom is -0.431 e. The van der Waals surface area contributed by atoms with Crippen molar-refractivity contribution in [1.29, 1.82) is 0 Å². The third kappa shape index (κ3) is 5.77. The molecular weight excluding hydrogens is 264 g/mol. The second kappa shape index (κ2) is 8.09. The first-order valence-corrected chi connectivity index (χ1v) is 6.99. The number of methoxy groups -OCH3 is 1. The van der Waals surface area contributed by atoms with Crippen LogP contribution in [-0.2, 0) is 23.7 Å². The Labute approximate surface area is 119 Å².